The van der Waals surface area contributed by atoms with Crippen LogP contribution in [-0.4, -0.2) is 48.2 Å². The maximum absolute atomic E-state index is 13.3. The third kappa shape index (κ3) is 5.64. The minimum absolute atomic E-state index is 0. The number of anilines is 1. The van der Waals surface area contributed by atoms with E-state index in [1.165, 1.54) is 11.3 Å². The highest BCUT2D eigenvalue weighted by Gasteiger charge is 2.22. The van der Waals surface area contributed by atoms with Gasteiger partial charge in [0.05, 0.1) is 9.72 Å². The molecule has 156 valence electrons. The molecule has 0 atom stereocenters. The minimum Gasteiger partial charge on any atom is -0.302 e. The van der Waals surface area contributed by atoms with Gasteiger partial charge in [-0.2, -0.15) is 0 Å². The molecule has 29 heavy (non-hydrogen) atoms. The number of rotatable bonds is 8. The highest BCUT2D eigenvalue weighted by atomic mass is 35.5. The molecule has 0 saturated heterocycles. The van der Waals surface area contributed by atoms with Crippen LogP contribution in [0.4, 0.5) is 5.13 Å². The predicted octanol–water partition coefficient (Wildman–Crippen LogP) is 6.08. The maximum atomic E-state index is 13.3. The molecule has 0 fully saturated rings. The molecule has 1 amide bonds. The van der Waals surface area contributed by atoms with E-state index in [0.29, 0.717) is 22.3 Å². The fraction of sp³-hybridized carbons (Fsp3) is 0.333. The van der Waals surface area contributed by atoms with Gasteiger partial charge in [-0.15, -0.1) is 24.2 Å². The van der Waals surface area contributed by atoms with E-state index in [1.54, 1.807) is 16.7 Å². The van der Waals surface area contributed by atoms with Crippen LogP contribution in [-0.2, 0) is 0 Å². The summed E-state index contributed by atoms with van der Waals surface area (Å²) in [5.74, 6) is -0.0324. The van der Waals surface area contributed by atoms with Crippen LogP contribution in [0.1, 0.15) is 24.2 Å². The van der Waals surface area contributed by atoms with Crippen molar-refractivity contribution in [2.24, 2.45) is 0 Å². The van der Waals surface area contributed by atoms with E-state index in [0.717, 1.165) is 34.7 Å². The van der Waals surface area contributed by atoms with Crippen LogP contribution >= 0.6 is 47.1 Å². The van der Waals surface area contributed by atoms with Crippen molar-refractivity contribution in [1.82, 2.24) is 9.88 Å². The number of carbonyl (C=O) groups excluding carboxylic acids is 1. The molecule has 0 aliphatic rings. The van der Waals surface area contributed by atoms with E-state index in [4.69, 9.17) is 16.6 Å². The summed E-state index contributed by atoms with van der Waals surface area (Å²) in [7, 11) is 0. The van der Waals surface area contributed by atoms with Crippen molar-refractivity contribution < 1.29 is 4.79 Å². The molecule has 0 N–H and O–H groups in total. The Kier molecular flexibility index (Phi) is 9.24. The number of nitrogens with zero attached hydrogens (tertiary/aromatic N) is 3. The van der Waals surface area contributed by atoms with Crippen LogP contribution in [0.2, 0.25) is 5.02 Å². The highest BCUT2D eigenvalue weighted by molar-refractivity contribution is 7.98. The second kappa shape index (κ2) is 11.2. The second-order valence-corrected chi connectivity index (χ2v) is 8.59. The Hall–Kier alpha value is -1.31. The van der Waals surface area contributed by atoms with Gasteiger partial charge in [-0.3, -0.25) is 9.69 Å². The Morgan fingerprint density at radius 3 is 2.38 bits per heavy atom. The summed E-state index contributed by atoms with van der Waals surface area (Å²) in [6, 6.07) is 13.5. The van der Waals surface area contributed by atoms with Gasteiger partial charge in [0.25, 0.3) is 5.91 Å². The Morgan fingerprint density at radius 1 is 1.10 bits per heavy atom. The predicted molar refractivity (Wildman–Crippen MR) is 130 cm³/mol. The molecular formula is C21H25Cl2N3OS2. The second-order valence-electron chi connectivity index (χ2n) is 6.30. The van der Waals surface area contributed by atoms with Gasteiger partial charge in [0.1, 0.15) is 5.52 Å². The van der Waals surface area contributed by atoms with Crippen LogP contribution in [0.25, 0.3) is 10.2 Å². The lowest BCUT2D eigenvalue weighted by Gasteiger charge is -2.24. The van der Waals surface area contributed by atoms with Gasteiger partial charge >= 0.3 is 0 Å². The number of thiazole rings is 1. The summed E-state index contributed by atoms with van der Waals surface area (Å²) >= 11 is 9.47. The van der Waals surface area contributed by atoms with Crippen molar-refractivity contribution in [3.05, 3.63) is 53.1 Å². The van der Waals surface area contributed by atoms with E-state index in [9.17, 15) is 4.79 Å². The third-order valence-electron chi connectivity index (χ3n) is 4.71. The smallest absolute Gasteiger partial charge is 0.260 e. The van der Waals surface area contributed by atoms with Crippen LogP contribution in [0.15, 0.2) is 47.4 Å². The number of amides is 1. The average molecular weight is 470 g/mol. The molecule has 3 rings (SSSR count). The van der Waals surface area contributed by atoms with Gasteiger partial charge in [-0.05, 0) is 55.7 Å². The SMILES string of the molecule is CCN(CC)CCN(C(=O)c1ccc(SC)cc1)c1nc2c(Cl)cccc2s1.Cl. The van der Waals surface area contributed by atoms with Gasteiger partial charge in [-0.25, -0.2) is 4.98 Å². The van der Waals surface area contributed by atoms with Gasteiger partial charge in [0, 0.05) is 23.5 Å². The fourth-order valence-electron chi connectivity index (χ4n) is 2.97. The number of hydrogen-bond acceptors (Lipinski definition) is 5. The molecule has 0 unspecified atom stereocenters. The van der Waals surface area contributed by atoms with Crippen LogP contribution in [0.5, 0.6) is 0 Å². The number of thioether (sulfide) groups is 1. The topological polar surface area (TPSA) is 36.4 Å². The van der Waals surface area contributed by atoms with Gasteiger partial charge in [0.2, 0.25) is 0 Å². The Bertz CT molecular complexity index is 943. The van der Waals surface area contributed by atoms with Crippen molar-refractivity contribution in [3.63, 3.8) is 0 Å². The lowest BCUT2D eigenvalue weighted by Crippen LogP contribution is -2.38. The van der Waals surface area contributed by atoms with E-state index < -0.39 is 0 Å². The Labute approximate surface area is 191 Å². The summed E-state index contributed by atoms with van der Waals surface area (Å²) in [5, 5.41) is 1.30. The zero-order valence-corrected chi connectivity index (χ0v) is 19.9. The van der Waals surface area contributed by atoms with Gasteiger partial charge in [-0.1, -0.05) is 42.9 Å². The third-order valence-corrected chi connectivity index (χ3v) is 6.80. The largest absolute Gasteiger partial charge is 0.302 e. The number of likely N-dealkylation sites (N-methyl/N-ethyl adjacent to an activating group) is 1. The van der Waals surface area contributed by atoms with E-state index >= 15 is 0 Å². The zero-order chi connectivity index (χ0) is 20.1. The lowest BCUT2D eigenvalue weighted by molar-refractivity contribution is 0.0983. The summed E-state index contributed by atoms with van der Waals surface area (Å²) < 4.78 is 0.987. The molecule has 0 radical (unpaired) electrons. The molecule has 2 aromatic carbocycles. The number of aromatic nitrogens is 1. The number of para-hydroxylation sites is 1. The highest BCUT2D eigenvalue weighted by Crippen LogP contribution is 2.33. The van der Waals surface area contributed by atoms with E-state index in [-0.39, 0.29) is 18.3 Å². The number of halogens is 2. The molecule has 3 aromatic rings. The Morgan fingerprint density at radius 2 is 1.79 bits per heavy atom. The molecule has 4 nitrogen and oxygen atoms in total. The van der Waals surface area contributed by atoms with Crippen LogP contribution in [0, 0.1) is 0 Å². The van der Waals surface area contributed by atoms with E-state index in [2.05, 4.69) is 18.7 Å². The van der Waals surface area contributed by atoms with Crippen molar-refractivity contribution in [2.75, 3.05) is 37.3 Å². The first kappa shape index (κ1) is 24.0. The number of carbonyl (C=O) groups is 1. The Balaban J connectivity index is 0.00000300. The molecule has 8 heteroatoms. The first-order valence-electron chi connectivity index (χ1n) is 9.30. The fourth-order valence-corrected chi connectivity index (χ4v) is 4.67. The molecule has 0 saturated carbocycles. The van der Waals surface area contributed by atoms with Crippen molar-refractivity contribution >= 4 is 68.4 Å². The molecule has 1 aromatic heterocycles. The first-order valence-corrected chi connectivity index (χ1v) is 11.7. The first-order chi connectivity index (χ1) is 13.6. The number of benzene rings is 2. The van der Waals surface area contributed by atoms with E-state index in [1.807, 2.05) is 48.7 Å². The molecule has 0 bridgehead atoms. The van der Waals surface area contributed by atoms with Crippen LogP contribution in [0.3, 0.4) is 0 Å². The molecule has 0 spiro atoms. The standard InChI is InChI=1S/C21H24ClN3OS2.ClH/c1-4-24(5-2)13-14-25(20(26)15-9-11-16(27-3)12-10-15)21-23-19-17(22)7-6-8-18(19)28-21;/h6-12H,4-5,13-14H2,1-3H3;1H. The van der Waals surface area contributed by atoms with Crippen LogP contribution < -0.4 is 4.90 Å². The van der Waals surface area contributed by atoms with Crippen molar-refractivity contribution in [3.8, 4) is 0 Å². The summed E-state index contributed by atoms with van der Waals surface area (Å²) in [6.07, 6.45) is 2.03. The van der Waals surface area contributed by atoms with Gasteiger partial charge in [0.15, 0.2) is 5.13 Å². The molecular weight excluding hydrogens is 445 g/mol. The number of fused-ring (bicyclic) bond motifs is 1. The molecule has 0 aliphatic heterocycles. The van der Waals surface area contributed by atoms with Crippen molar-refractivity contribution in [2.45, 2.75) is 18.7 Å². The zero-order valence-electron chi connectivity index (χ0n) is 16.7. The lowest BCUT2D eigenvalue weighted by atomic mass is 10.2. The maximum Gasteiger partial charge on any atom is 0.260 e. The quantitative estimate of drug-likeness (QED) is 0.374. The van der Waals surface area contributed by atoms with Crippen molar-refractivity contribution in [1.29, 1.82) is 0 Å². The molecule has 1 heterocycles. The van der Waals surface area contributed by atoms with Gasteiger partial charge < -0.3 is 4.90 Å². The normalized spacial score (nSPS) is 10.9. The average Bonchev–Trinajstić information content (AvgIpc) is 3.16. The summed E-state index contributed by atoms with van der Waals surface area (Å²) in [4.78, 5) is 23.2. The summed E-state index contributed by atoms with van der Waals surface area (Å²) in [6.45, 7) is 7.55. The number of hydrogen-bond donors (Lipinski definition) is 0. The minimum atomic E-state index is -0.0324. The summed E-state index contributed by atoms with van der Waals surface area (Å²) in [5.41, 5.74) is 1.42. The molecule has 0 aliphatic carbocycles. The monoisotopic (exact) mass is 469 g/mol.